The maximum atomic E-state index is 13.8. The Kier molecular flexibility index (Phi) is 5.24. The number of aliphatic hydroxyl groups is 1. The SMILES string of the molecule is CC(C)(C)OC(=O)N1CCCC([C@@H](O)c2cccc(F)c2F)C1. The van der Waals surface area contributed by atoms with Crippen molar-refractivity contribution in [3.05, 3.63) is 35.4 Å². The molecule has 1 aliphatic heterocycles. The lowest BCUT2D eigenvalue weighted by Crippen LogP contribution is -2.44. The molecule has 1 aromatic carbocycles. The summed E-state index contributed by atoms with van der Waals surface area (Å²) in [7, 11) is 0. The average Bonchev–Trinajstić information content (AvgIpc) is 2.48. The lowest BCUT2D eigenvalue weighted by atomic mass is 9.88. The molecule has 1 aliphatic rings. The molecule has 0 radical (unpaired) electrons. The van der Waals surface area contributed by atoms with E-state index in [0.29, 0.717) is 19.4 Å². The molecular weight excluding hydrogens is 304 g/mol. The molecule has 2 rings (SSSR count). The smallest absolute Gasteiger partial charge is 0.410 e. The van der Waals surface area contributed by atoms with Gasteiger partial charge in [-0.25, -0.2) is 13.6 Å². The number of ether oxygens (including phenoxy) is 1. The molecule has 1 aromatic rings. The van der Waals surface area contributed by atoms with Gasteiger partial charge in [0.25, 0.3) is 0 Å². The van der Waals surface area contributed by atoms with Crippen LogP contribution >= 0.6 is 0 Å². The van der Waals surface area contributed by atoms with Gasteiger partial charge in [0.05, 0.1) is 6.10 Å². The minimum Gasteiger partial charge on any atom is -0.444 e. The van der Waals surface area contributed by atoms with Gasteiger partial charge in [-0.1, -0.05) is 12.1 Å². The first-order chi connectivity index (χ1) is 10.7. The van der Waals surface area contributed by atoms with Crippen LogP contribution in [0.2, 0.25) is 0 Å². The van der Waals surface area contributed by atoms with E-state index in [9.17, 15) is 18.7 Å². The van der Waals surface area contributed by atoms with Crippen LogP contribution in [0.15, 0.2) is 18.2 Å². The number of rotatable bonds is 2. The second-order valence-corrected chi connectivity index (χ2v) is 6.92. The van der Waals surface area contributed by atoms with Crippen molar-refractivity contribution in [3.8, 4) is 0 Å². The third kappa shape index (κ3) is 4.41. The number of carbonyl (C=O) groups excluding carboxylic acids is 1. The molecule has 0 aliphatic carbocycles. The molecule has 2 atom stereocenters. The number of piperidine rings is 1. The molecule has 128 valence electrons. The van der Waals surface area contributed by atoms with Gasteiger partial charge in [-0.05, 0) is 39.7 Å². The van der Waals surface area contributed by atoms with Crippen LogP contribution in [-0.4, -0.2) is 34.8 Å². The van der Waals surface area contributed by atoms with Crippen LogP contribution in [-0.2, 0) is 4.74 Å². The Labute approximate surface area is 135 Å². The topological polar surface area (TPSA) is 49.8 Å². The largest absolute Gasteiger partial charge is 0.444 e. The lowest BCUT2D eigenvalue weighted by Gasteiger charge is -2.36. The third-order valence-electron chi connectivity index (χ3n) is 3.86. The van der Waals surface area contributed by atoms with E-state index in [-0.39, 0.29) is 18.0 Å². The molecule has 4 nitrogen and oxygen atoms in total. The number of amides is 1. The molecule has 0 spiro atoms. The van der Waals surface area contributed by atoms with Crippen molar-refractivity contribution in [2.24, 2.45) is 5.92 Å². The molecule has 1 N–H and O–H groups in total. The number of likely N-dealkylation sites (tertiary alicyclic amines) is 1. The second-order valence-electron chi connectivity index (χ2n) is 6.92. The normalized spacial score (nSPS) is 20.3. The van der Waals surface area contributed by atoms with Gasteiger partial charge in [0.2, 0.25) is 0 Å². The van der Waals surface area contributed by atoms with Crippen LogP contribution < -0.4 is 0 Å². The molecule has 1 amide bonds. The van der Waals surface area contributed by atoms with Gasteiger partial charge in [-0.2, -0.15) is 0 Å². The van der Waals surface area contributed by atoms with E-state index in [1.165, 1.54) is 17.0 Å². The number of benzene rings is 1. The number of halogens is 2. The fourth-order valence-corrected chi connectivity index (χ4v) is 2.76. The van der Waals surface area contributed by atoms with Crippen LogP contribution in [0.4, 0.5) is 13.6 Å². The standard InChI is InChI=1S/C17H23F2NO3/c1-17(2,3)23-16(22)20-9-5-6-11(10-20)15(21)12-7-4-8-13(18)14(12)19/h4,7-8,11,15,21H,5-6,9-10H2,1-3H3/t11?,15-/m1/s1. The molecule has 6 heteroatoms. The first kappa shape index (κ1) is 17.7. The van der Waals surface area contributed by atoms with Gasteiger partial charge < -0.3 is 14.7 Å². The minimum absolute atomic E-state index is 0.0685. The molecule has 23 heavy (non-hydrogen) atoms. The van der Waals surface area contributed by atoms with Gasteiger partial charge in [0.15, 0.2) is 11.6 Å². The Balaban J connectivity index is 2.08. The molecular formula is C17H23F2NO3. The van der Waals surface area contributed by atoms with Crippen molar-refractivity contribution in [2.45, 2.75) is 45.3 Å². The zero-order valence-electron chi connectivity index (χ0n) is 13.7. The minimum atomic E-state index is -1.16. The van der Waals surface area contributed by atoms with Crippen molar-refractivity contribution < 1.29 is 23.4 Å². The lowest BCUT2D eigenvalue weighted by molar-refractivity contribution is 0.00181. The summed E-state index contributed by atoms with van der Waals surface area (Å²) in [6.45, 7) is 6.13. The van der Waals surface area contributed by atoms with Crippen molar-refractivity contribution in [3.63, 3.8) is 0 Å². The monoisotopic (exact) mass is 327 g/mol. The van der Waals surface area contributed by atoms with Gasteiger partial charge in [-0.15, -0.1) is 0 Å². The summed E-state index contributed by atoms with van der Waals surface area (Å²) >= 11 is 0. The summed E-state index contributed by atoms with van der Waals surface area (Å²) in [5.74, 6) is -2.37. The Morgan fingerprint density at radius 1 is 1.39 bits per heavy atom. The predicted molar refractivity (Wildman–Crippen MR) is 81.8 cm³/mol. The highest BCUT2D eigenvalue weighted by molar-refractivity contribution is 5.68. The van der Waals surface area contributed by atoms with E-state index in [2.05, 4.69) is 0 Å². The fraction of sp³-hybridized carbons (Fsp3) is 0.588. The van der Waals surface area contributed by atoms with Crippen molar-refractivity contribution >= 4 is 6.09 Å². The Bertz CT molecular complexity index is 571. The Morgan fingerprint density at radius 2 is 2.09 bits per heavy atom. The second kappa shape index (κ2) is 6.83. The fourth-order valence-electron chi connectivity index (χ4n) is 2.76. The molecule has 0 bridgehead atoms. The van der Waals surface area contributed by atoms with E-state index in [1.807, 2.05) is 0 Å². The predicted octanol–water partition coefficient (Wildman–Crippen LogP) is 3.65. The quantitative estimate of drug-likeness (QED) is 0.902. The van der Waals surface area contributed by atoms with Crippen LogP contribution in [0.3, 0.4) is 0 Å². The Hall–Kier alpha value is -1.69. The molecule has 1 fully saturated rings. The molecule has 1 unspecified atom stereocenters. The summed E-state index contributed by atoms with van der Waals surface area (Å²) in [5.41, 5.74) is -0.668. The summed E-state index contributed by atoms with van der Waals surface area (Å²) in [4.78, 5) is 13.6. The molecule has 1 heterocycles. The van der Waals surface area contributed by atoms with Gasteiger partial charge >= 0.3 is 6.09 Å². The van der Waals surface area contributed by atoms with Gasteiger partial charge in [-0.3, -0.25) is 0 Å². The highest BCUT2D eigenvalue weighted by Gasteiger charge is 2.32. The maximum Gasteiger partial charge on any atom is 0.410 e. The molecule has 0 saturated carbocycles. The molecule has 0 aromatic heterocycles. The zero-order valence-corrected chi connectivity index (χ0v) is 13.7. The van der Waals surface area contributed by atoms with E-state index in [4.69, 9.17) is 4.74 Å². The van der Waals surface area contributed by atoms with Gasteiger partial charge in [0.1, 0.15) is 5.60 Å². The van der Waals surface area contributed by atoms with Crippen molar-refractivity contribution in [2.75, 3.05) is 13.1 Å². The first-order valence-electron chi connectivity index (χ1n) is 7.79. The summed E-state index contributed by atoms with van der Waals surface area (Å²) in [6.07, 6.45) is -0.293. The van der Waals surface area contributed by atoms with E-state index >= 15 is 0 Å². The Morgan fingerprint density at radius 3 is 2.74 bits per heavy atom. The molecule has 1 saturated heterocycles. The number of hydrogen-bond acceptors (Lipinski definition) is 3. The zero-order chi connectivity index (χ0) is 17.2. The van der Waals surface area contributed by atoms with E-state index in [0.717, 1.165) is 6.07 Å². The maximum absolute atomic E-state index is 13.8. The third-order valence-corrected chi connectivity index (χ3v) is 3.86. The average molecular weight is 327 g/mol. The van der Waals surface area contributed by atoms with Gasteiger partial charge in [0, 0.05) is 24.6 Å². The highest BCUT2D eigenvalue weighted by Crippen LogP contribution is 2.32. The van der Waals surface area contributed by atoms with E-state index < -0.39 is 29.4 Å². The van der Waals surface area contributed by atoms with E-state index in [1.54, 1.807) is 20.8 Å². The summed E-state index contributed by atoms with van der Waals surface area (Å²) in [6, 6.07) is 3.75. The number of nitrogens with zero attached hydrogens (tertiary/aromatic N) is 1. The summed E-state index contributed by atoms with van der Waals surface area (Å²) < 4.78 is 32.5. The van der Waals surface area contributed by atoms with Crippen molar-refractivity contribution in [1.29, 1.82) is 0 Å². The van der Waals surface area contributed by atoms with Crippen LogP contribution in [0.5, 0.6) is 0 Å². The van der Waals surface area contributed by atoms with Crippen molar-refractivity contribution in [1.82, 2.24) is 4.90 Å². The number of carbonyl (C=O) groups is 1. The first-order valence-corrected chi connectivity index (χ1v) is 7.79. The highest BCUT2D eigenvalue weighted by atomic mass is 19.2. The summed E-state index contributed by atoms with van der Waals surface area (Å²) in [5, 5.41) is 10.4. The number of aliphatic hydroxyl groups excluding tert-OH is 1. The van der Waals surface area contributed by atoms with Crippen LogP contribution in [0.25, 0.3) is 0 Å². The van der Waals surface area contributed by atoms with Crippen LogP contribution in [0, 0.1) is 17.6 Å². The van der Waals surface area contributed by atoms with Crippen LogP contribution in [0.1, 0.15) is 45.3 Å². The number of hydrogen-bond donors (Lipinski definition) is 1.